The molecule has 0 aromatic carbocycles. The molecule has 0 spiro atoms. The van der Waals surface area contributed by atoms with Gasteiger partial charge in [-0.1, -0.05) is 11.6 Å². The van der Waals surface area contributed by atoms with Crippen molar-refractivity contribution in [3.63, 3.8) is 0 Å². The maximum Gasteiger partial charge on any atom is 0.223 e. The third-order valence-corrected chi connectivity index (χ3v) is 3.60. The summed E-state index contributed by atoms with van der Waals surface area (Å²) in [5, 5.41) is 3.47. The number of thiophene rings is 1. The van der Waals surface area contributed by atoms with Crippen molar-refractivity contribution in [2.75, 3.05) is 11.1 Å². The largest absolute Gasteiger partial charge is 0.368 e. The third kappa shape index (κ3) is 3.07. The molecule has 2 aromatic rings. The number of nitrogens with zero attached hydrogens (tertiary/aromatic N) is 2. The Morgan fingerprint density at radius 1 is 1.44 bits per heavy atom. The van der Waals surface area contributed by atoms with Crippen LogP contribution in [0.5, 0.6) is 0 Å². The van der Waals surface area contributed by atoms with E-state index >= 15 is 0 Å². The lowest BCUT2D eigenvalue weighted by molar-refractivity contribution is 1.11. The monoisotopic (exact) mass is 318 g/mol. The van der Waals surface area contributed by atoms with Crippen LogP contribution in [-0.4, -0.2) is 9.97 Å². The van der Waals surface area contributed by atoms with Crippen molar-refractivity contribution in [2.45, 2.75) is 6.54 Å². The van der Waals surface area contributed by atoms with Crippen molar-refractivity contribution in [3.05, 3.63) is 32.0 Å². The molecule has 0 saturated carbocycles. The maximum absolute atomic E-state index is 5.76. The summed E-state index contributed by atoms with van der Waals surface area (Å²) in [5.41, 5.74) is 5.48. The van der Waals surface area contributed by atoms with Crippen LogP contribution in [0, 0.1) is 0 Å². The molecule has 2 rings (SSSR count). The second kappa shape index (κ2) is 4.99. The molecule has 0 aliphatic carbocycles. The number of hydrogen-bond donors (Lipinski definition) is 2. The molecule has 2 heterocycles. The molecule has 0 fully saturated rings. The molecule has 0 bridgehead atoms. The number of nitrogens with two attached hydrogens (primary N) is 1. The van der Waals surface area contributed by atoms with Crippen LogP contribution in [-0.2, 0) is 6.54 Å². The standard InChI is InChI=1S/C9H8BrClN4S/c10-6-2-1-5(16-6)4-13-8-3-7(11)14-9(12)15-8/h1-3H,4H2,(H3,12,13,14,15). The van der Waals surface area contributed by atoms with Gasteiger partial charge in [-0.2, -0.15) is 4.98 Å². The highest BCUT2D eigenvalue weighted by Crippen LogP contribution is 2.23. The van der Waals surface area contributed by atoms with Gasteiger partial charge < -0.3 is 11.1 Å². The number of nitrogen functional groups attached to an aromatic ring is 1. The van der Waals surface area contributed by atoms with Gasteiger partial charge in [0.25, 0.3) is 0 Å². The van der Waals surface area contributed by atoms with Crippen LogP contribution in [0.3, 0.4) is 0 Å². The second-order valence-corrected chi connectivity index (χ2v) is 5.93. The van der Waals surface area contributed by atoms with E-state index in [1.807, 2.05) is 12.1 Å². The van der Waals surface area contributed by atoms with E-state index in [0.717, 1.165) is 3.79 Å². The molecule has 0 aliphatic heterocycles. The number of anilines is 2. The first-order valence-corrected chi connectivity index (χ1v) is 6.40. The van der Waals surface area contributed by atoms with Gasteiger partial charge in [0.05, 0.1) is 10.3 Å². The zero-order valence-electron chi connectivity index (χ0n) is 8.08. The Morgan fingerprint density at radius 3 is 2.88 bits per heavy atom. The lowest BCUT2D eigenvalue weighted by Gasteiger charge is -2.04. The maximum atomic E-state index is 5.76. The third-order valence-electron chi connectivity index (χ3n) is 1.78. The minimum absolute atomic E-state index is 0.169. The minimum atomic E-state index is 0.169. The van der Waals surface area contributed by atoms with Gasteiger partial charge in [0.1, 0.15) is 11.0 Å². The van der Waals surface area contributed by atoms with Crippen LogP contribution < -0.4 is 11.1 Å². The van der Waals surface area contributed by atoms with Gasteiger partial charge in [-0.15, -0.1) is 11.3 Å². The molecule has 0 atom stereocenters. The van der Waals surface area contributed by atoms with E-state index in [9.17, 15) is 0 Å². The quantitative estimate of drug-likeness (QED) is 0.853. The zero-order chi connectivity index (χ0) is 11.5. The van der Waals surface area contributed by atoms with Gasteiger partial charge in [0, 0.05) is 10.9 Å². The molecule has 0 unspecified atom stereocenters. The number of nitrogens with one attached hydrogen (secondary N) is 1. The molecule has 0 saturated heterocycles. The Labute approximate surface area is 110 Å². The molecule has 4 nitrogen and oxygen atoms in total. The first-order valence-electron chi connectivity index (χ1n) is 4.41. The molecule has 0 radical (unpaired) electrons. The Balaban J connectivity index is 2.04. The highest BCUT2D eigenvalue weighted by Gasteiger charge is 2.01. The Morgan fingerprint density at radius 2 is 2.25 bits per heavy atom. The minimum Gasteiger partial charge on any atom is -0.368 e. The van der Waals surface area contributed by atoms with Gasteiger partial charge in [-0.05, 0) is 28.1 Å². The molecular formula is C9H8BrClN4S. The van der Waals surface area contributed by atoms with Crippen LogP contribution >= 0.6 is 38.9 Å². The van der Waals surface area contributed by atoms with Crippen LogP contribution in [0.1, 0.15) is 4.88 Å². The summed E-state index contributed by atoms with van der Waals surface area (Å²) in [6.45, 7) is 0.684. The summed E-state index contributed by atoms with van der Waals surface area (Å²) in [5.74, 6) is 0.796. The van der Waals surface area contributed by atoms with Crippen molar-refractivity contribution in [1.82, 2.24) is 9.97 Å². The van der Waals surface area contributed by atoms with E-state index in [-0.39, 0.29) is 5.95 Å². The Kier molecular flexibility index (Phi) is 3.63. The van der Waals surface area contributed by atoms with Crippen molar-refractivity contribution in [3.8, 4) is 0 Å². The topological polar surface area (TPSA) is 63.8 Å². The normalized spacial score (nSPS) is 10.4. The highest BCUT2D eigenvalue weighted by atomic mass is 79.9. The molecule has 2 aromatic heterocycles. The van der Waals surface area contributed by atoms with Gasteiger partial charge in [-0.25, -0.2) is 4.98 Å². The van der Waals surface area contributed by atoms with Crippen molar-refractivity contribution in [2.24, 2.45) is 0 Å². The molecule has 0 amide bonds. The van der Waals surface area contributed by atoms with Crippen molar-refractivity contribution >= 4 is 50.6 Å². The summed E-state index contributed by atoms with van der Waals surface area (Å²) >= 11 is 10.8. The smallest absolute Gasteiger partial charge is 0.223 e. The molecule has 7 heteroatoms. The average molecular weight is 320 g/mol. The molecule has 84 valence electrons. The predicted molar refractivity (Wildman–Crippen MR) is 70.8 cm³/mol. The summed E-state index contributed by atoms with van der Waals surface area (Å²) < 4.78 is 1.10. The van der Waals surface area contributed by atoms with Crippen LogP contribution in [0.4, 0.5) is 11.8 Å². The van der Waals surface area contributed by atoms with E-state index in [4.69, 9.17) is 17.3 Å². The number of rotatable bonds is 3. The second-order valence-electron chi connectivity index (χ2n) is 2.99. The first kappa shape index (κ1) is 11.6. The number of aromatic nitrogens is 2. The van der Waals surface area contributed by atoms with Crippen LogP contribution in [0.25, 0.3) is 0 Å². The van der Waals surface area contributed by atoms with Gasteiger partial charge in [-0.3, -0.25) is 0 Å². The average Bonchev–Trinajstić information content (AvgIpc) is 2.60. The molecule has 0 aliphatic rings. The van der Waals surface area contributed by atoms with E-state index in [1.54, 1.807) is 17.4 Å². The molecule has 3 N–H and O–H groups in total. The van der Waals surface area contributed by atoms with Crippen LogP contribution in [0.2, 0.25) is 5.15 Å². The van der Waals surface area contributed by atoms with Crippen molar-refractivity contribution < 1.29 is 0 Å². The summed E-state index contributed by atoms with van der Waals surface area (Å²) in [6.07, 6.45) is 0. The highest BCUT2D eigenvalue weighted by molar-refractivity contribution is 9.11. The summed E-state index contributed by atoms with van der Waals surface area (Å²) in [7, 11) is 0. The summed E-state index contributed by atoms with van der Waals surface area (Å²) in [6, 6.07) is 5.68. The van der Waals surface area contributed by atoms with Crippen molar-refractivity contribution in [1.29, 1.82) is 0 Å². The first-order chi connectivity index (χ1) is 7.63. The Bertz CT molecular complexity index is 482. The number of hydrogen-bond acceptors (Lipinski definition) is 5. The number of halogens is 2. The fourth-order valence-corrected chi connectivity index (χ4v) is 2.76. The van der Waals surface area contributed by atoms with Crippen LogP contribution in [0.15, 0.2) is 22.0 Å². The molecular weight excluding hydrogens is 312 g/mol. The predicted octanol–water partition coefficient (Wildman–Crippen LogP) is 3.15. The van der Waals surface area contributed by atoms with E-state index in [0.29, 0.717) is 17.5 Å². The van der Waals surface area contributed by atoms with Gasteiger partial charge in [0.15, 0.2) is 0 Å². The zero-order valence-corrected chi connectivity index (χ0v) is 11.2. The van der Waals surface area contributed by atoms with E-state index in [1.165, 1.54) is 4.88 Å². The molecule has 16 heavy (non-hydrogen) atoms. The fraction of sp³-hybridized carbons (Fsp3) is 0.111. The van der Waals surface area contributed by atoms with E-state index in [2.05, 4.69) is 31.2 Å². The lowest BCUT2D eigenvalue weighted by Crippen LogP contribution is -2.03. The lowest BCUT2D eigenvalue weighted by atomic mass is 10.4. The fourth-order valence-electron chi connectivity index (χ4n) is 1.15. The van der Waals surface area contributed by atoms with Gasteiger partial charge >= 0.3 is 0 Å². The van der Waals surface area contributed by atoms with Gasteiger partial charge in [0.2, 0.25) is 5.95 Å². The summed E-state index contributed by atoms with van der Waals surface area (Å²) in [4.78, 5) is 9.00. The van der Waals surface area contributed by atoms with E-state index < -0.39 is 0 Å². The Hall–Kier alpha value is -0.850. The SMILES string of the molecule is Nc1nc(Cl)cc(NCc2ccc(Br)s2)n1.